The Hall–Kier alpha value is -4.84. The maximum atomic E-state index is 12.0. The Bertz CT molecular complexity index is 2310. The number of amides is 2. The van der Waals surface area contributed by atoms with E-state index >= 15 is 0 Å². The van der Waals surface area contributed by atoms with Gasteiger partial charge in [0, 0.05) is 55.0 Å². The molecule has 3 saturated heterocycles. The topological polar surface area (TPSA) is 225 Å². The summed E-state index contributed by atoms with van der Waals surface area (Å²) in [6.45, 7) is 21.8. The number of fused-ring (bicyclic) bond motifs is 2. The number of hydrogen-bond acceptors (Lipinski definition) is 14. The Kier molecular flexibility index (Phi) is 15.3. The van der Waals surface area contributed by atoms with Crippen LogP contribution in [-0.4, -0.2) is 76.0 Å². The average Bonchev–Trinajstić information content (AvgIpc) is 3.16. The lowest BCUT2D eigenvalue weighted by Gasteiger charge is -2.43. The molecule has 3 fully saturated rings. The fourth-order valence-electron chi connectivity index (χ4n) is 7.70. The number of nitrogens with one attached hydrogen (secondary N) is 2. The van der Waals surface area contributed by atoms with Crippen LogP contribution in [0.1, 0.15) is 89.0 Å². The van der Waals surface area contributed by atoms with E-state index in [0.717, 1.165) is 6.42 Å². The first-order chi connectivity index (χ1) is 28.9. The molecule has 0 bridgehead atoms. The molecule has 0 saturated carbocycles. The molecule has 2 amide bonds. The summed E-state index contributed by atoms with van der Waals surface area (Å²) in [6.07, 6.45) is -2.71. The minimum absolute atomic E-state index is 0.124. The van der Waals surface area contributed by atoms with Crippen molar-refractivity contribution in [3.05, 3.63) is 69.4 Å². The van der Waals surface area contributed by atoms with Crippen molar-refractivity contribution in [1.29, 1.82) is 0 Å². The zero-order valence-electron chi connectivity index (χ0n) is 37.3. The van der Waals surface area contributed by atoms with E-state index < -0.39 is 35.4 Å². The molecule has 0 aliphatic carbocycles. The van der Waals surface area contributed by atoms with E-state index in [1.54, 1.807) is 56.3 Å². The molecular weight excluding hydrogens is 805 g/mol. The third kappa shape index (κ3) is 12.4. The fraction of sp³-hybridized carbons (Fsp3) is 0.565. The molecule has 5 N–H and O–H groups in total. The van der Waals surface area contributed by atoms with Gasteiger partial charge in [-0.2, -0.15) is 0 Å². The van der Waals surface area contributed by atoms with Crippen LogP contribution in [0, 0.1) is 29.6 Å². The van der Waals surface area contributed by atoms with Gasteiger partial charge in [-0.3, -0.25) is 9.59 Å². The van der Waals surface area contributed by atoms with Crippen LogP contribution in [0.4, 0.5) is 11.4 Å². The summed E-state index contributed by atoms with van der Waals surface area (Å²) in [4.78, 5) is 46.3. The van der Waals surface area contributed by atoms with Gasteiger partial charge >= 0.3 is 11.3 Å². The highest BCUT2D eigenvalue weighted by Crippen LogP contribution is 2.38. The number of rotatable bonds is 6. The van der Waals surface area contributed by atoms with Crippen molar-refractivity contribution >= 4 is 45.1 Å². The van der Waals surface area contributed by atoms with E-state index in [0.29, 0.717) is 64.2 Å². The summed E-state index contributed by atoms with van der Waals surface area (Å²) < 4.78 is 39.6. The van der Waals surface area contributed by atoms with Gasteiger partial charge < -0.3 is 58.5 Å². The molecule has 16 nitrogen and oxygen atoms in total. The van der Waals surface area contributed by atoms with Gasteiger partial charge in [0.05, 0.1) is 23.9 Å². The second kappa shape index (κ2) is 19.7. The number of ether oxygens (including phenoxy) is 5. The summed E-state index contributed by atoms with van der Waals surface area (Å²) in [5.41, 5.74) is -0.935. The highest BCUT2D eigenvalue weighted by atomic mass is 16.7. The molecular formula is C46H62N2O14. The maximum Gasteiger partial charge on any atom is 0.360 e. The zero-order valence-corrected chi connectivity index (χ0v) is 37.3. The first kappa shape index (κ1) is 48.2. The molecule has 2 aromatic carbocycles. The number of aliphatic hydroxyl groups excluding tert-OH is 3. The fourth-order valence-corrected chi connectivity index (χ4v) is 7.70. The first-order valence-electron chi connectivity index (χ1n) is 21.0. The Morgan fingerprint density at radius 3 is 1.61 bits per heavy atom. The highest BCUT2D eigenvalue weighted by Gasteiger charge is 2.41. The number of carbonyl (C=O) groups is 2. The van der Waals surface area contributed by atoms with Crippen molar-refractivity contribution in [3.63, 3.8) is 0 Å². The predicted octanol–water partition coefficient (Wildman–Crippen LogP) is 6.55. The minimum atomic E-state index is -1.27. The van der Waals surface area contributed by atoms with E-state index in [4.69, 9.17) is 42.7 Å². The van der Waals surface area contributed by atoms with E-state index in [1.807, 2.05) is 6.07 Å². The van der Waals surface area contributed by atoms with E-state index in [1.165, 1.54) is 13.8 Å². The van der Waals surface area contributed by atoms with Crippen molar-refractivity contribution < 1.29 is 57.4 Å². The number of benzene rings is 2. The van der Waals surface area contributed by atoms with Gasteiger partial charge in [0.1, 0.15) is 40.1 Å². The van der Waals surface area contributed by atoms with Crippen molar-refractivity contribution in [2.45, 2.75) is 131 Å². The van der Waals surface area contributed by atoms with E-state index in [2.05, 4.69) is 59.1 Å². The molecule has 3 aliphatic rings. The van der Waals surface area contributed by atoms with Gasteiger partial charge in [0.15, 0.2) is 6.29 Å². The van der Waals surface area contributed by atoms with Crippen LogP contribution in [0.2, 0.25) is 0 Å². The largest absolute Gasteiger partial charge is 0.465 e. The van der Waals surface area contributed by atoms with Gasteiger partial charge in [-0.1, -0.05) is 34.6 Å². The predicted molar refractivity (Wildman–Crippen MR) is 232 cm³/mol. The molecule has 10 atom stereocenters. The number of anilines is 2. The van der Waals surface area contributed by atoms with Crippen LogP contribution in [-0.2, 0) is 23.8 Å². The summed E-state index contributed by atoms with van der Waals surface area (Å²) in [6, 6.07) is 13.7. The van der Waals surface area contributed by atoms with E-state index in [9.17, 15) is 24.3 Å². The molecule has 3 unspecified atom stereocenters. The third-order valence-corrected chi connectivity index (χ3v) is 11.6. The average molecular weight is 867 g/mol. The lowest BCUT2D eigenvalue weighted by atomic mass is 9.82. The highest BCUT2D eigenvalue weighted by molar-refractivity contribution is 5.92. The van der Waals surface area contributed by atoms with Crippen LogP contribution in [0.5, 0.6) is 11.5 Å². The van der Waals surface area contributed by atoms with Crippen molar-refractivity contribution in [2.24, 2.45) is 29.6 Å². The van der Waals surface area contributed by atoms with Gasteiger partial charge in [-0.15, -0.1) is 0 Å². The molecule has 340 valence electrons. The Morgan fingerprint density at radius 1 is 0.645 bits per heavy atom. The zero-order chi connectivity index (χ0) is 45.8. The summed E-state index contributed by atoms with van der Waals surface area (Å²) in [5, 5.41) is 33.6. The molecule has 5 heterocycles. The first-order valence-corrected chi connectivity index (χ1v) is 21.0. The van der Waals surface area contributed by atoms with Crippen molar-refractivity contribution in [2.75, 3.05) is 17.2 Å². The maximum absolute atomic E-state index is 12.0. The standard InChI is InChI=1S/C20H25NO5.C19H23NO5.C7H14O4/c1-11-10-20(4,5)26-19(12(11)2)24-15-7-6-14-8-16(21-13(3)22)18(23)25-17(14)9-15;1-10-9-23-19(12(3)11(10)2)24-15-6-5-14-7-16(20-13(4)21)18(22)25-17(14)8-15;1-7(2)3-4(8)5(9)6(10)11-7/h6-9,11-12,19H,10H2,1-5H3,(H,21,22);5-8,10-12,19H,9H2,1-4H3,(H,20,21);4-6,8-10H,3H2,1-2H3/t11-,12-,19?;10-,11-,12-,19?;4-,5-,6?/m001/s1. The SMILES string of the molecule is CC(=O)Nc1cc2ccc(OC3OC(C)(C)C[C@H](C)[C@@H]3C)cc2oc1=O.CC(=O)Nc1cc2ccc(OC3OC[C@H](C)[C@H](C)[C@@H]3C)cc2oc1=O.CC1(C)C[C@@H](O)[C@@H](O)C(O)O1. The Balaban J connectivity index is 0.000000190. The monoisotopic (exact) mass is 866 g/mol. The number of carbonyl (C=O) groups excluding carboxylic acids is 2. The van der Waals surface area contributed by atoms with Crippen LogP contribution in [0.25, 0.3) is 21.9 Å². The van der Waals surface area contributed by atoms with Crippen molar-refractivity contribution in [1.82, 2.24) is 0 Å². The molecule has 3 aliphatic heterocycles. The lowest BCUT2D eigenvalue weighted by Crippen LogP contribution is -2.52. The minimum Gasteiger partial charge on any atom is -0.465 e. The normalized spacial score (nSPS) is 28.9. The second-order valence-corrected chi connectivity index (χ2v) is 18.1. The summed E-state index contributed by atoms with van der Waals surface area (Å²) >= 11 is 0. The molecule has 2 aromatic heterocycles. The van der Waals surface area contributed by atoms with Gasteiger partial charge in [0.2, 0.25) is 24.4 Å². The lowest BCUT2D eigenvalue weighted by molar-refractivity contribution is -0.273. The molecule has 0 radical (unpaired) electrons. The van der Waals surface area contributed by atoms with Crippen LogP contribution >= 0.6 is 0 Å². The van der Waals surface area contributed by atoms with Gasteiger partial charge in [-0.25, -0.2) is 9.59 Å². The summed E-state index contributed by atoms with van der Waals surface area (Å²) in [5.74, 6) is 2.49. The molecule has 7 rings (SSSR count). The van der Waals surface area contributed by atoms with Gasteiger partial charge in [-0.05, 0) is 88.3 Å². The summed E-state index contributed by atoms with van der Waals surface area (Å²) in [7, 11) is 0. The number of hydrogen-bond donors (Lipinski definition) is 5. The Morgan fingerprint density at radius 2 is 1.13 bits per heavy atom. The van der Waals surface area contributed by atoms with Crippen molar-refractivity contribution in [3.8, 4) is 11.5 Å². The van der Waals surface area contributed by atoms with Crippen LogP contribution in [0.15, 0.2) is 67.0 Å². The second-order valence-electron chi connectivity index (χ2n) is 18.1. The third-order valence-electron chi connectivity index (χ3n) is 11.6. The van der Waals surface area contributed by atoms with E-state index in [-0.39, 0.29) is 53.2 Å². The quantitative estimate of drug-likeness (QED) is 0.130. The Labute approximate surface area is 360 Å². The van der Waals surface area contributed by atoms with Crippen LogP contribution < -0.4 is 31.4 Å². The van der Waals surface area contributed by atoms with Crippen LogP contribution in [0.3, 0.4) is 0 Å². The molecule has 16 heteroatoms. The number of aliphatic hydroxyl groups is 3. The molecule has 4 aromatic rings. The van der Waals surface area contributed by atoms with Gasteiger partial charge in [0.25, 0.3) is 0 Å². The molecule has 0 spiro atoms. The molecule has 62 heavy (non-hydrogen) atoms. The smallest absolute Gasteiger partial charge is 0.360 e.